The van der Waals surface area contributed by atoms with Gasteiger partial charge < -0.3 is 5.32 Å². The summed E-state index contributed by atoms with van der Waals surface area (Å²) in [5, 5.41) is 8.45. The molecule has 0 spiro atoms. The van der Waals surface area contributed by atoms with Gasteiger partial charge in [-0.05, 0) is 43.2 Å². The molecule has 1 heterocycles. The molecule has 0 saturated carbocycles. The molecule has 4 nitrogen and oxygen atoms in total. The minimum atomic E-state index is -3.47. The molecule has 3 N–H and O–H groups in total. The van der Waals surface area contributed by atoms with Gasteiger partial charge in [0.2, 0.25) is 10.0 Å². The van der Waals surface area contributed by atoms with Gasteiger partial charge in [0.25, 0.3) is 0 Å². The number of anilines is 1. The van der Waals surface area contributed by atoms with Crippen LogP contribution in [0.5, 0.6) is 0 Å². The highest BCUT2D eigenvalue weighted by Crippen LogP contribution is 2.26. The third kappa shape index (κ3) is 4.84. The summed E-state index contributed by atoms with van der Waals surface area (Å²) in [6.45, 7) is 4.27. The monoisotopic (exact) mass is 324 g/mol. The van der Waals surface area contributed by atoms with Crippen molar-refractivity contribution in [2.75, 3.05) is 5.32 Å². The second-order valence-electron chi connectivity index (χ2n) is 5.03. The first-order valence-electron chi connectivity index (χ1n) is 6.82. The standard InChI is InChI=1S/C15H20N2O2S2/c1-3-14-8-9-15(20-14)11(2)17-13-6-4-12(5-7-13)10-21(16,18)19/h4-9,11,17H,3,10H2,1-2H3,(H2,16,18,19). The number of hydrogen-bond donors (Lipinski definition) is 2. The molecule has 1 unspecified atom stereocenters. The fraction of sp³-hybridized carbons (Fsp3) is 0.333. The molecule has 0 saturated heterocycles. The fourth-order valence-corrected chi connectivity index (χ4v) is 3.68. The van der Waals surface area contributed by atoms with E-state index in [2.05, 4.69) is 31.3 Å². The van der Waals surface area contributed by atoms with Gasteiger partial charge in [-0.1, -0.05) is 19.1 Å². The Kier molecular flexibility index (Phi) is 5.03. The largest absolute Gasteiger partial charge is 0.378 e. The SMILES string of the molecule is CCc1ccc(C(C)Nc2ccc(CS(N)(=O)=O)cc2)s1. The molecule has 6 heteroatoms. The number of rotatable bonds is 6. The summed E-state index contributed by atoms with van der Waals surface area (Å²) in [6.07, 6.45) is 1.06. The quantitative estimate of drug-likeness (QED) is 0.856. The van der Waals surface area contributed by atoms with Crippen LogP contribution in [0.15, 0.2) is 36.4 Å². The minimum absolute atomic E-state index is 0.131. The third-order valence-corrected chi connectivity index (χ3v) is 5.31. The summed E-state index contributed by atoms with van der Waals surface area (Å²) in [5.41, 5.74) is 1.66. The summed E-state index contributed by atoms with van der Waals surface area (Å²) in [6, 6.07) is 11.9. The molecule has 0 radical (unpaired) electrons. The van der Waals surface area contributed by atoms with E-state index in [1.165, 1.54) is 9.75 Å². The van der Waals surface area contributed by atoms with Crippen molar-refractivity contribution in [2.45, 2.75) is 32.1 Å². The Morgan fingerprint density at radius 1 is 1.19 bits per heavy atom. The smallest absolute Gasteiger partial charge is 0.213 e. The Morgan fingerprint density at radius 2 is 1.86 bits per heavy atom. The van der Waals surface area contributed by atoms with Gasteiger partial charge in [0.1, 0.15) is 0 Å². The van der Waals surface area contributed by atoms with Gasteiger partial charge >= 0.3 is 0 Å². The molecule has 0 bridgehead atoms. The molecular weight excluding hydrogens is 304 g/mol. The molecule has 0 aliphatic rings. The third-order valence-electron chi connectivity index (χ3n) is 3.16. The lowest BCUT2D eigenvalue weighted by Gasteiger charge is -2.14. The maximum absolute atomic E-state index is 11.0. The van der Waals surface area contributed by atoms with Crippen molar-refractivity contribution in [1.82, 2.24) is 0 Å². The first kappa shape index (κ1) is 16.0. The molecule has 21 heavy (non-hydrogen) atoms. The van der Waals surface area contributed by atoms with Gasteiger partial charge in [-0.2, -0.15) is 0 Å². The predicted molar refractivity (Wildman–Crippen MR) is 89.0 cm³/mol. The predicted octanol–water partition coefficient (Wildman–Crippen LogP) is 3.27. The summed E-state index contributed by atoms with van der Waals surface area (Å²) in [5.74, 6) is -0.131. The van der Waals surface area contributed by atoms with E-state index in [1.807, 2.05) is 23.5 Å². The number of aryl methyl sites for hydroxylation is 1. The maximum Gasteiger partial charge on any atom is 0.213 e. The highest BCUT2D eigenvalue weighted by Gasteiger charge is 2.09. The minimum Gasteiger partial charge on any atom is -0.378 e. The maximum atomic E-state index is 11.0. The van der Waals surface area contributed by atoms with Crippen LogP contribution >= 0.6 is 11.3 Å². The lowest BCUT2D eigenvalue weighted by Crippen LogP contribution is -2.14. The molecule has 2 aromatic rings. The van der Waals surface area contributed by atoms with Crippen LogP contribution in [0, 0.1) is 0 Å². The second kappa shape index (κ2) is 6.60. The average molecular weight is 324 g/mol. The van der Waals surface area contributed by atoms with Gasteiger partial charge in [0, 0.05) is 15.4 Å². The molecule has 0 aliphatic carbocycles. The van der Waals surface area contributed by atoms with Crippen molar-refractivity contribution < 1.29 is 8.42 Å². The number of sulfonamides is 1. The Balaban J connectivity index is 2.02. The van der Waals surface area contributed by atoms with Crippen molar-refractivity contribution in [3.05, 3.63) is 51.7 Å². The zero-order valence-corrected chi connectivity index (χ0v) is 13.8. The number of thiophene rings is 1. The van der Waals surface area contributed by atoms with Crippen LogP contribution in [0.2, 0.25) is 0 Å². The van der Waals surface area contributed by atoms with Crippen molar-refractivity contribution in [2.24, 2.45) is 5.14 Å². The van der Waals surface area contributed by atoms with E-state index in [9.17, 15) is 8.42 Å². The van der Waals surface area contributed by atoms with Gasteiger partial charge in [-0.3, -0.25) is 0 Å². The lowest BCUT2D eigenvalue weighted by molar-refractivity contribution is 0.597. The van der Waals surface area contributed by atoms with E-state index < -0.39 is 10.0 Å². The zero-order chi connectivity index (χ0) is 15.5. The molecule has 114 valence electrons. The Labute approximate surface area is 130 Å². The van der Waals surface area contributed by atoms with Crippen molar-refractivity contribution in [3.63, 3.8) is 0 Å². The van der Waals surface area contributed by atoms with E-state index in [4.69, 9.17) is 5.14 Å². The summed E-state index contributed by atoms with van der Waals surface area (Å²) in [4.78, 5) is 2.67. The van der Waals surface area contributed by atoms with Crippen LogP contribution in [0.3, 0.4) is 0 Å². The molecule has 0 aliphatic heterocycles. The summed E-state index contributed by atoms with van der Waals surface area (Å²) < 4.78 is 22.1. The molecule has 1 aromatic carbocycles. The van der Waals surface area contributed by atoms with E-state index in [1.54, 1.807) is 12.1 Å². The van der Waals surface area contributed by atoms with E-state index in [-0.39, 0.29) is 11.8 Å². The fourth-order valence-electron chi connectivity index (χ4n) is 2.07. The number of nitrogens with two attached hydrogens (primary N) is 1. The van der Waals surface area contributed by atoms with Gasteiger partial charge in [0.15, 0.2) is 0 Å². The Bertz CT molecular complexity index is 691. The van der Waals surface area contributed by atoms with Crippen LogP contribution in [0.25, 0.3) is 0 Å². The Hall–Kier alpha value is -1.37. The van der Waals surface area contributed by atoms with Crippen LogP contribution in [0.1, 0.15) is 35.2 Å². The average Bonchev–Trinajstić information content (AvgIpc) is 2.88. The van der Waals surface area contributed by atoms with Crippen LogP contribution in [-0.4, -0.2) is 8.42 Å². The van der Waals surface area contributed by atoms with E-state index in [0.29, 0.717) is 5.56 Å². The van der Waals surface area contributed by atoms with Gasteiger partial charge in [-0.15, -0.1) is 11.3 Å². The molecule has 1 atom stereocenters. The number of hydrogen-bond acceptors (Lipinski definition) is 4. The lowest BCUT2D eigenvalue weighted by atomic mass is 10.2. The molecule has 1 aromatic heterocycles. The van der Waals surface area contributed by atoms with Crippen LogP contribution in [-0.2, 0) is 22.2 Å². The molecule has 2 rings (SSSR count). The molecule has 0 fully saturated rings. The summed E-state index contributed by atoms with van der Waals surface area (Å²) in [7, 11) is -3.47. The van der Waals surface area contributed by atoms with Crippen molar-refractivity contribution in [3.8, 4) is 0 Å². The normalized spacial score (nSPS) is 13.1. The van der Waals surface area contributed by atoms with Crippen molar-refractivity contribution >= 4 is 27.0 Å². The molecular formula is C15H20N2O2S2. The van der Waals surface area contributed by atoms with Crippen molar-refractivity contribution in [1.29, 1.82) is 0 Å². The van der Waals surface area contributed by atoms with Crippen LogP contribution < -0.4 is 10.5 Å². The number of primary sulfonamides is 1. The summed E-state index contributed by atoms with van der Waals surface area (Å²) >= 11 is 1.81. The first-order chi connectivity index (χ1) is 9.87. The van der Waals surface area contributed by atoms with Gasteiger partial charge in [0.05, 0.1) is 11.8 Å². The van der Waals surface area contributed by atoms with E-state index >= 15 is 0 Å². The highest BCUT2D eigenvalue weighted by atomic mass is 32.2. The highest BCUT2D eigenvalue weighted by molar-refractivity contribution is 7.88. The number of nitrogens with one attached hydrogen (secondary N) is 1. The van der Waals surface area contributed by atoms with E-state index in [0.717, 1.165) is 12.1 Å². The van der Waals surface area contributed by atoms with Crippen LogP contribution in [0.4, 0.5) is 5.69 Å². The first-order valence-corrected chi connectivity index (χ1v) is 9.35. The topological polar surface area (TPSA) is 72.2 Å². The Morgan fingerprint density at radius 3 is 2.38 bits per heavy atom. The second-order valence-corrected chi connectivity index (χ2v) is 7.84. The zero-order valence-electron chi connectivity index (χ0n) is 12.2. The van der Waals surface area contributed by atoms with Gasteiger partial charge in [-0.25, -0.2) is 13.6 Å². The number of benzene rings is 1. The molecule has 0 amide bonds.